The number of tetrazole rings is 1. The van der Waals surface area contributed by atoms with Crippen molar-refractivity contribution in [3.8, 4) is 11.4 Å². The summed E-state index contributed by atoms with van der Waals surface area (Å²) in [7, 11) is 0. The zero-order chi connectivity index (χ0) is 38.8. The highest BCUT2D eigenvalue weighted by atomic mass is 16.2. The standard InChI is InChI=1S/C32H43N15O6/c1-18(48)23(4-2-14-37-31(33)34)43-30(53)24(5-3-15-38-32(35)36)42-26(50)17-39-25(49)16-40-28(51)20-10-12-22(13-11-20)41-29(52)21-8-6-19(7-9-21)27-44-46-47-45-27/h6-13,23-24H,2-5,14-17H2,1H3,(H,39,49)(H,40,51)(H,41,52)(H,42,50)(H,43,53)(H4,33,34,37)(H4,35,36,38)(H,44,45,46,47)/t23-,24+/m1/s1. The number of hydrogen-bond acceptors (Lipinski definition) is 11. The number of rotatable bonds is 20. The molecule has 1 aromatic heterocycles. The van der Waals surface area contributed by atoms with Crippen LogP contribution in [0.25, 0.3) is 11.4 Å². The van der Waals surface area contributed by atoms with Gasteiger partial charge in [-0.15, -0.1) is 10.2 Å². The SMILES string of the molecule is CC(=O)[C@@H](CCCN=C(N)N)NC(=O)[C@H](CCCN=C(N)N)NC(=O)CNC(=O)CNC(=O)c1ccc(NC(=O)c2ccc(-c3nn[nH]n3)cc2)cc1. The van der Waals surface area contributed by atoms with Crippen LogP contribution in [-0.4, -0.2) is 106 Å². The molecule has 14 N–H and O–H groups in total. The number of nitrogens with zero attached hydrogens (tertiary/aromatic N) is 5. The second-order valence-corrected chi connectivity index (χ2v) is 11.5. The van der Waals surface area contributed by atoms with Crippen molar-refractivity contribution < 1.29 is 28.8 Å². The van der Waals surface area contributed by atoms with Gasteiger partial charge in [0.1, 0.15) is 6.04 Å². The number of aromatic nitrogens is 4. The Morgan fingerprint density at radius 1 is 0.717 bits per heavy atom. The van der Waals surface area contributed by atoms with E-state index >= 15 is 0 Å². The van der Waals surface area contributed by atoms with Gasteiger partial charge in [0.2, 0.25) is 23.5 Å². The number of amides is 5. The van der Waals surface area contributed by atoms with Gasteiger partial charge in [-0.1, -0.05) is 12.1 Å². The van der Waals surface area contributed by atoms with Crippen molar-refractivity contribution in [3.05, 3.63) is 59.7 Å². The van der Waals surface area contributed by atoms with E-state index in [0.29, 0.717) is 35.5 Å². The van der Waals surface area contributed by atoms with Crippen LogP contribution in [0.5, 0.6) is 0 Å². The lowest BCUT2D eigenvalue weighted by Gasteiger charge is -2.22. The summed E-state index contributed by atoms with van der Waals surface area (Å²) >= 11 is 0. The number of anilines is 1. The number of nitrogens with two attached hydrogens (primary N) is 4. The van der Waals surface area contributed by atoms with Crippen LogP contribution in [-0.2, 0) is 19.2 Å². The molecule has 3 rings (SSSR count). The van der Waals surface area contributed by atoms with Crippen LogP contribution in [0.4, 0.5) is 5.69 Å². The largest absolute Gasteiger partial charge is 0.370 e. The van der Waals surface area contributed by atoms with E-state index in [9.17, 15) is 28.8 Å². The van der Waals surface area contributed by atoms with Gasteiger partial charge in [0.25, 0.3) is 11.8 Å². The van der Waals surface area contributed by atoms with Gasteiger partial charge in [0.05, 0.1) is 19.1 Å². The summed E-state index contributed by atoms with van der Waals surface area (Å²) in [4.78, 5) is 83.4. The Morgan fingerprint density at radius 3 is 1.85 bits per heavy atom. The molecular formula is C32H43N15O6. The third-order valence-electron chi connectivity index (χ3n) is 7.36. The summed E-state index contributed by atoms with van der Waals surface area (Å²) in [5, 5.41) is 26.4. The van der Waals surface area contributed by atoms with Crippen LogP contribution in [0.15, 0.2) is 58.5 Å². The van der Waals surface area contributed by atoms with Crippen molar-refractivity contribution in [3.63, 3.8) is 0 Å². The minimum atomic E-state index is -1.08. The molecule has 2 atom stereocenters. The Hall–Kier alpha value is -6.93. The van der Waals surface area contributed by atoms with Crippen molar-refractivity contribution >= 4 is 52.9 Å². The smallest absolute Gasteiger partial charge is 0.255 e. The van der Waals surface area contributed by atoms with Crippen molar-refractivity contribution in [1.29, 1.82) is 0 Å². The monoisotopic (exact) mass is 733 g/mol. The van der Waals surface area contributed by atoms with Crippen molar-refractivity contribution in [2.24, 2.45) is 32.9 Å². The van der Waals surface area contributed by atoms with Gasteiger partial charge in [-0.2, -0.15) is 5.21 Å². The molecule has 0 bridgehead atoms. The normalized spacial score (nSPS) is 11.6. The van der Waals surface area contributed by atoms with Crippen LogP contribution >= 0.6 is 0 Å². The van der Waals surface area contributed by atoms with E-state index in [-0.39, 0.29) is 55.1 Å². The van der Waals surface area contributed by atoms with Crippen molar-refractivity contribution in [1.82, 2.24) is 41.9 Å². The topological polar surface area (TPSA) is 346 Å². The maximum atomic E-state index is 13.1. The summed E-state index contributed by atoms with van der Waals surface area (Å²) in [6.45, 7) is 0.810. The summed E-state index contributed by atoms with van der Waals surface area (Å²) in [5.41, 5.74) is 23.1. The Bertz CT molecular complexity index is 1770. The van der Waals surface area contributed by atoms with Crippen LogP contribution in [0.2, 0.25) is 0 Å². The van der Waals surface area contributed by atoms with Gasteiger partial charge in [-0.3, -0.25) is 38.8 Å². The number of ketones is 1. The summed E-state index contributed by atoms with van der Waals surface area (Å²) in [5.74, 6) is -3.08. The van der Waals surface area contributed by atoms with Crippen molar-refractivity contribution in [2.45, 2.75) is 44.7 Å². The highest BCUT2D eigenvalue weighted by molar-refractivity contribution is 6.05. The highest BCUT2D eigenvalue weighted by Crippen LogP contribution is 2.16. The van der Waals surface area contributed by atoms with Gasteiger partial charge in [0, 0.05) is 35.5 Å². The van der Waals surface area contributed by atoms with E-state index in [4.69, 9.17) is 22.9 Å². The minimum absolute atomic E-state index is 0.0941. The lowest BCUT2D eigenvalue weighted by Crippen LogP contribution is -2.53. The first-order chi connectivity index (χ1) is 25.3. The van der Waals surface area contributed by atoms with E-state index in [1.807, 2.05) is 0 Å². The molecule has 0 saturated heterocycles. The van der Waals surface area contributed by atoms with Gasteiger partial charge >= 0.3 is 0 Å². The zero-order valence-electron chi connectivity index (χ0n) is 28.9. The molecule has 0 fully saturated rings. The summed E-state index contributed by atoms with van der Waals surface area (Å²) < 4.78 is 0. The number of H-pyrrole nitrogens is 1. The molecule has 1 heterocycles. The van der Waals surface area contributed by atoms with Gasteiger partial charge in [-0.05, 0) is 74.2 Å². The Labute approximate surface area is 303 Å². The number of guanidine groups is 2. The third-order valence-corrected chi connectivity index (χ3v) is 7.36. The number of hydrogen-bond donors (Lipinski definition) is 10. The van der Waals surface area contributed by atoms with Crippen LogP contribution in [0.3, 0.4) is 0 Å². The second kappa shape index (κ2) is 20.7. The molecule has 21 nitrogen and oxygen atoms in total. The Kier molecular flexibility index (Phi) is 15.8. The number of carbonyl (C=O) groups is 6. The number of Topliss-reactive ketones (excluding diaryl/α,β-unsaturated/α-hetero) is 1. The molecule has 282 valence electrons. The molecule has 0 aliphatic carbocycles. The predicted molar refractivity (Wildman–Crippen MR) is 194 cm³/mol. The first kappa shape index (κ1) is 40.5. The number of carbonyl (C=O) groups excluding carboxylic acids is 6. The first-order valence-corrected chi connectivity index (χ1v) is 16.3. The van der Waals surface area contributed by atoms with E-state index in [0.717, 1.165) is 0 Å². The zero-order valence-corrected chi connectivity index (χ0v) is 28.9. The fourth-order valence-corrected chi connectivity index (χ4v) is 4.64. The fourth-order valence-electron chi connectivity index (χ4n) is 4.64. The molecule has 0 radical (unpaired) electrons. The molecule has 0 spiro atoms. The molecule has 0 saturated carbocycles. The summed E-state index contributed by atoms with van der Waals surface area (Å²) in [6.07, 6.45) is 1.11. The van der Waals surface area contributed by atoms with Crippen LogP contribution in [0, 0.1) is 0 Å². The number of benzene rings is 2. The molecule has 3 aromatic rings. The molecule has 0 unspecified atom stereocenters. The lowest BCUT2D eigenvalue weighted by atomic mass is 10.1. The number of nitrogens with one attached hydrogen (secondary N) is 6. The molecule has 21 heteroatoms. The third kappa shape index (κ3) is 14.4. The molecule has 2 aromatic carbocycles. The molecule has 0 aliphatic rings. The van der Waals surface area contributed by atoms with E-state index in [1.165, 1.54) is 31.2 Å². The van der Waals surface area contributed by atoms with E-state index < -0.39 is 48.8 Å². The Balaban J connectivity index is 1.46. The van der Waals surface area contributed by atoms with Crippen LogP contribution in [0.1, 0.15) is 53.3 Å². The molecular weight excluding hydrogens is 690 g/mol. The second-order valence-electron chi connectivity index (χ2n) is 11.5. The van der Waals surface area contributed by atoms with Gasteiger partial charge in [-0.25, -0.2) is 0 Å². The average molecular weight is 734 g/mol. The van der Waals surface area contributed by atoms with Crippen LogP contribution < -0.4 is 49.5 Å². The Morgan fingerprint density at radius 2 is 1.28 bits per heavy atom. The predicted octanol–water partition coefficient (Wildman–Crippen LogP) is -2.37. The fraction of sp³-hybridized carbons (Fsp3) is 0.344. The average Bonchev–Trinajstić information content (AvgIpc) is 3.67. The maximum Gasteiger partial charge on any atom is 0.255 e. The highest BCUT2D eigenvalue weighted by Gasteiger charge is 2.25. The lowest BCUT2D eigenvalue weighted by molar-refractivity contribution is -0.131. The maximum absolute atomic E-state index is 13.1. The quantitative estimate of drug-likeness (QED) is 0.0330. The van der Waals surface area contributed by atoms with E-state index in [2.05, 4.69) is 57.2 Å². The minimum Gasteiger partial charge on any atom is -0.370 e. The molecule has 5 amide bonds. The van der Waals surface area contributed by atoms with Crippen molar-refractivity contribution in [2.75, 3.05) is 31.5 Å². The summed E-state index contributed by atoms with van der Waals surface area (Å²) in [6, 6.07) is 10.6. The van der Waals surface area contributed by atoms with Gasteiger partial charge < -0.3 is 49.5 Å². The molecule has 53 heavy (non-hydrogen) atoms. The first-order valence-electron chi connectivity index (χ1n) is 16.3. The number of aromatic amines is 1. The number of aliphatic imine (C=N–C) groups is 2. The van der Waals surface area contributed by atoms with E-state index in [1.54, 1.807) is 24.3 Å². The van der Waals surface area contributed by atoms with Gasteiger partial charge in [0.15, 0.2) is 17.7 Å². The molecule has 0 aliphatic heterocycles.